The number of Topliss-reactive ketones (excluding diaryl/α,β-unsaturated/α-hetero) is 1. The van der Waals surface area contributed by atoms with Crippen LogP contribution in [0.2, 0.25) is 0 Å². The molecule has 2 fully saturated rings. The molecule has 0 spiro atoms. The number of morpholine rings is 1. The Morgan fingerprint density at radius 2 is 2.38 bits per heavy atom. The quantitative estimate of drug-likeness (QED) is 0.833. The molecule has 0 radical (unpaired) electrons. The Balaban J connectivity index is 1.62. The van der Waals surface area contributed by atoms with Crippen molar-refractivity contribution in [2.45, 2.75) is 31.4 Å². The second kappa shape index (κ2) is 6.46. The second-order valence-electron chi connectivity index (χ2n) is 5.72. The Bertz CT molecular complexity index is 534. The summed E-state index contributed by atoms with van der Waals surface area (Å²) in [5.41, 5.74) is 0.986. The third-order valence-corrected chi connectivity index (χ3v) is 4.96. The van der Waals surface area contributed by atoms with E-state index in [9.17, 15) is 4.79 Å². The highest BCUT2D eigenvalue weighted by Crippen LogP contribution is 2.27. The molecule has 4 nitrogen and oxygen atoms in total. The van der Waals surface area contributed by atoms with Gasteiger partial charge in [0, 0.05) is 19.0 Å². The number of rotatable bonds is 4. The highest BCUT2D eigenvalue weighted by atomic mass is 79.9. The summed E-state index contributed by atoms with van der Waals surface area (Å²) in [5, 5.41) is 0. The highest BCUT2D eigenvalue weighted by molar-refractivity contribution is 9.10. The summed E-state index contributed by atoms with van der Waals surface area (Å²) in [6.45, 7) is 2.55. The summed E-state index contributed by atoms with van der Waals surface area (Å²) in [7, 11) is 1.63. The number of nitrogens with zero attached hydrogens (tertiary/aromatic N) is 1. The lowest BCUT2D eigenvalue weighted by molar-refractivity contribution is -0.137. The van der Waals surface area contributed by atoms with E-state index < -0.39 is 0 Å². The average Bonchev–Trinajstić information content (AvgIpc) is 2.94. The van der Waals surface area contributed by atoms with E-state index in [1.165, 1.54) is 12.8 Å². The molecule has 0 aliphatic carbocycles. The SMILES string of the molecule is COc1ccc(CC(=O)C2CN3CCCC3CO2)cc1Br. The van der Waals surface area contributed by atoms with Crippen molar-refractivity contribution >= 4 is 21.7 Å². The van der Waals surface area contributed by atoms with Gasteiger partial charge in [-0.05, 0) is 53.0 Å². The van der Waals surface area contributed by atoms with Crippen LogP contribution in [0.4, 0.5) is 0 Å². The van der Waals surface area contributed by atoms with E-state index >= 15 is 0 Å². The molecule has 21 heavy (non-hydrogen) atoms. The van der Waals surface area contributed by atoms with Gasteiger partial charge in [-0.25, -0.2) is 0 Å². The number of carbonyl (C=O) groups is 1. The van der Waals surface area contributed by atoms with Gasteiger partial charge in [-0.3, -0.25) is 9.69 Å². The first-order chi connectivity index (χ1) is 10.2. The number of ether oxygens (including phenoxy) is 2. The van der Waals surface area contributed by atoms with Crippen molar-refractivity contribution in [1.82, 2.24) is 4.90 Å². The molecule has 0 bridgehead atoms. The fourth-order valence-electron chi connectivity index (χ4n) is 3.15. The van der Waals surface area contributed by atoms with E-state index in [1.54, 1.807) is 7.11 Å². The first-order valence-corrected chi connectivity index (χ1v) is 8.17. The van der Waals surface area contributed by atoms with Crippen molar-refractivity contribution in [2.75, 3.05) is 26.8 Å². The summed E-state index contributed by atoms with van der Waals surface area (Å²) >= 11 is 3.45. The van der Waals surface area contributed by atoms with E-state index in [2.05, 4.69) is 20.8 Å². The number of carbonyl (C=O) groups excluding carboxylic acids is 1. The first-order valence-electron chi connectivity index (χ1n) is 7.38. The molecule has 2 aliphatic rings. The van der Waals surface area contributed by atoms with E-state index in [1.807, 2.05) is 18.2 Å². The minimum absolute atomic E-state index is 0.164. The Morgan fingerprint density at radius 1 is 1.52 bits per heavy atom. The second-order valence-corrected chi connectivity index (χ2v) is 6.58. The van der Waals surface area contributed by atoms with E-state index in [4.69, 9.17) is 9.47 Å². The lowest BCUT2D eigenvalue weighted by Gasteiger charge is -2.34. The number of halogens is 1. The molecule has 0 saturated carbocycles. The van der Waals surface area contributed by atoms with Crippen LogP contribution in [0.5, 0.6) is 5.75 Å². The fourth-order valence-corrected chi connectivity index (χ4v) is 3.73. The smallest absolute Gasteiger partial charge is 0.167 e. The standard InChI is InChI=1S/C16H20BrNO3/c1-20-15-5-4-11(7-13(15)17)8-14(19)16-9-18-6-2-3-12(18)10-21-16/h4-5,7,12,16H,2-3,6,8-10H2,1H3. The number of fused-ring (bicyclic) bond motifs is 1. The molecule has 1 aromatic rings. The summed E-state index contributed by atoms with van der Waals surface area (Å²) in [6, 6.07) is 6.29. The molecular formula is C16H20BrNO3. The van der Waals surface area contributed by atoms with Crippen molar-refractivity contribution in [1.29, 1.82) is 0 Å². The van der Waals surface area contributed by atoms with Gasteiger partial charge < -0.3 is 9.47 Å². The zero-order valence-corrected chi connectivity index (χ0v) is 13.8. The van der Waals surface area contributed by atoms with Gasteiger partial charge in [0.25, 0.3) is 0 Å². The van der Waals surface area contributed by atoms with Crippen LogP contribution in [0.25, 0.3) is 0 Å². The molecule has 114 valence electrons. The zero-order chi connectivity index (χ0) is 14.8. The van der Waals surface area contributed by atoms with E-state index in [-0.39, 0.29) is 11.9 Å². The number of ketones is 1. The van der Waals surface area contributed by atoms with Crippen molar-refractivity contribution in [2.24, 2.45) is 0 Å². The molecule has 0 amide bonds. The minimum Gasteiger partial charge on any atom is -0.496 e. The van der Waals surface area contributed by atoms with Crippen LogP contribution in [0.3, 0.4) is 0 Å². The normalized spacial score (nSPS) is 25.6. The largest absolute Gasteiger partial charge is 0.496 e. The lowest BCUT2D eigenvalue weighted by atomic mass is 10.0. The summed E-state index contributed by atoms with van der Waals surface area (Å²) in [5.74, 6) is 0.942. The predicted molar refractivity (Wildman–Crippen MR) is 83.7 cm³/mol. The maximum absolute atomic E-state index is 12.4. The van der Waals surface area contributed by atoms with Gasteiger partial charge in [-0.2, -0.15) is 0 Å². The molecule has 5 heteroatoms. The molecule has 1 aromatic carbocycles. The molecule has 0 aromatic heterocycles. The molecule has 0 N–H and O–H groups in total. The average molecular weight is 354 g/mol. The van der Waals surface area contributed by atoms with Gasteiger partial charge in [0.1, 0.15) is 11.9 Å². The van der Waals surface area contributed by atoms with Gasteiger partial charge in [0.15, 0.2) is 5.78 Å². The molecule has 2 atom stereocenters. The molecular weight excluding hydrogens is 334 g/mol. The fraction of sp³-hybridized carbons (Fsp3) is 0.562. The topological polar surface area (TPSA) is 38.8 Å². The van der Waals surface area contributed by atoms with Crippen molar-refractivity contribution < 1.29 is 14.3 Å². The summed E-state index contributed by atoms with van der Waals surface area (Å²) in [6.07, 6.45) is 2.55. The third-order valence-electron chi connectivity index (χ3n) is 4.34. The maximum Gasteiger partial charge on any atom is 0.167 e. The van der Waals surface area contributed by atoms with Crippen molar-refractivity contribution in [3.8, 4) is 5.75 Å². The van der Waals surface area contributed by atoms with Gasteiger partial charge in [0.05, 0.1) is 18.2 Å². The minimum atomic E-state index is -0.278. The number of benzene rings is 1. The summed E-state index contributed by atoms with van der Waals surface area (Å²) < 4.78 is 11.9. The predicted octanol–water partition coefficient (Wildman–Crippen LogP) is 2.43. The van der Waals surface area contributed by atoms with Gasteiger partial charge in [-0.1, -0.05) is 6.07 Å². The molecule has 2 saturated heterocycles. The number of methoxy groups -OCH3 is 1. The molecule has 2 aliphatic heterocycles. The third kappa shape index (κ3) is 3.30. The summed E-state index contributed by atoms with van der Waals surface area (Å²) in [4.78, 5) is 14.8. The Labute approximate surface area is 133 Å². The van der Waals surface area contributed by atoms with Gasteiger partial charge >= 0.3 is 0 Å². The maximum atomic E-state index is 12.4. The first kappa shape index (κ1) is 15.0. The Kier molecular flexibility index (Phi) is 4.62. The van der Waals surface area contributed by atoms with Gasteiger partial charge in [-0.15, -0.1) is 0 Å². The van der Waals surface area contributed by atoms with Crippen LogP contribution in [-0.4, -0.2) is 49.6 Å². The lowest BCUT2D eigenvalue weighted by Crippen LogP contribution is -2.49. The zero-order valence-electron chi connectivity index (χ0n) is 12.2. The Morgan fingerprint density at radius 3 is 3.14 bits per heavy atom. The van der Waals surface area contributed by atoms with E-state index in [0.29, 0.717) is 19.1 Å². The Hall–Kier alpha value is -0.910. The molecule has 2 heterocycles. The molecule has 2 unspecified atom stereocenters. The van der Waals surface area contributed by atoms with Crippen LogP contribution < -0.4 is 4.74 Å². The van der Waals surface area contributed by atoms with Crippen LogP contribution in [-0.2, 0) is 16.0 Å². The highest BCUT2D eigenvalue weighted by Gasteiger charge is 2.35. The van der Waals surface area contributed by atoms with Crippen LogP contribution in [0.15, 0.2) is 22.7 Å². The monoisotopic (exact) mass is 353 g/mol. The van der Waals surface area contributed by atoms with Crippen LogP contribution in [0.1, 0.15) is 18.4 Å². The van der Waals surface area contributed by atoms with Crippen LogP contribution >= 0.6 is 15.9 Å². The van der Waals surface area contributed by atoms with Crippen LogP contribution in [0, 0.1) is 0 Å². The molecule has 3 rings (SSSR count). The van der Waals surface area contributed by atoms with Crippen molar-refractivity contribution in [3.63, 3.8) is 0 Å². The van der Waals surface area contributed by atoms with Gasteiger partial charge in [0.2, 0.25) is 0 Å². The number of hydrogen-bond donors (Lipinski definition) is 0. The number of hydrogen-bond acceptors (Lipinski definition) is 4. The van der Waals surface area contributed by atoms with Crippen molar-refractivity contribution in [3.05, 3.63) is 28.2 Å². The van der Waals surface area contributed by atoms with E-state index in [0.717, 1.165) is 28.9 Å².